The number of halogens is 1. The van der Waals surface area contributed by atoms with E-state index >= 15 is 0 Å². The van der Waals surface area contributed by atoms with Gasteiger partial charge in [-0.3, -0.25) is 0 Å². The lowest BCUT2D eigenvalue weighted by Crippen LogP contribution is -2.03. The predicted octanol–water partition coefficient (Wildman–Crippen LogP) is 3.37. The van der Waals surface area contributed by atoms with Crippen molar-refractivity contribution in [2.24, 2.45) is 0 Å². The molecule has 0 aliphatic rings. The minimum absolute atomic E-state index is 0.545. The highest BCUT2D eigenvalue weighted by atomic mass is 79.9. The summed E-state index contributed by atoms with van der Waals surface area (Å²) in [7, 11) is 0. The monoisotopic (exact) mass is 349 g/mol. The van der Waals surface area contributed by atoms with Crippen LogP contribution in [-0.2, 0) is 6.42 Å². The molecule has 0 spiro atoms. The van der Waals surface area contributed by atoms with E-state index in [9.17, 15) is 5.11 Å². The fourth-order valence-corrected chi connectivity index (χ4v) is 3.39. The van der Waals surface area contributed by atoms with Crippen LogP contribution >= 0.6 is 27.3 Å². The number of hydrogen-bond acceptors (Lipinski definition) is 4. The fourth-order valence-electron chi connectivity index (χ4n) is 1.87. The summed E-state index contributed by atoms with van der Waals surface area (Å²) < 4.78 is 1.06. The van der Waals surface area contributed by atoms with Gasteiger partial charge in [-0.2, -0.15) is 15.0 Å². The first-order valence-electron chi connectivity index (χ1n) is 6.12. The van der Waals surface area contributed by atoms with Crippen molar-refractivity contribution in [1.29, 1.82) is 0 Å². The molecular weight excluding hydrogens is 338 g/mol. The largest absolute Gasteiger partial charge is 0.386 e. The molecule has 0 radical (unpaired) electrons. The summed E-state index contributed by atoms with van der Waals surface area (Å²) in [6.45, 7) is 0. The Morgan fingerprint density at radius 3 is 2.70 bits per heavy atom. The molecule has 0 aliphatic carbocycles. The zero-order valence-corrected chi connectivity index (χ0v) is 12.9. The van der Waals surface area contributed by atoms with E-state index in [4.69, 9.17) is 0 Å². The second kappa shape index (κ2) is 5.87. The van der Waals surface area contributed by atoms with Crippen molar-refractivity contribution in [3.8, 4) is 5.69 Å². The number of benzene rings is 1. The molecule has 3 rings (SSSR count). The molecule has 102 valence electrons. The van der Waals surface area contributed by atoms with Gasteiger partial charge in [0.25, 0.3) is 0 Å². The number of para-hydroxylation sites is 1. The third-order valence-electron chi connectivity index (χ3n) is 2.86. The molecule has 4 nitrogen and oxygen atoms in total. The first kappa shape index (κ1) is 13.5. The third kappa shape index (κ3) is 2.98. The number of thiophene rings is 1. The zero-order chi connectivity index (χ0) is 13.9. The van der Waals surface area contributed by atoms with Crippen LogP contribution in [0.5, 0.6) is 0 Å². The number of rotatable bonds is 4. The van der Waals surface area contributed by atoms with Crippen molar-refractivity contribution in [1.82, 2.24) is 15.0 Å². The normalized spacial score (nSPS) is 12.5. The third-order valence-corrected chi connectivity index (χ3v) is 4.51. The van der Waals surface area contributed by atoms with Crippen molar-refractivity contribution in [3.63, 3.8) is 0 Å². The molecular formula is C14H12BrN3OS. The maximum absolute atomic E-state index is 10.2. The van der Waals surface area contributed by atoms with E-state index in [1.54, 1.807) is 17.5 Å². The van der Waals surface area contributed by atoms with Crippen LogP contribution in [0.15, 0.2) is 52.4 Å². The fraction of sp³-hybridized carbons (Fsp3) is 0.143. The second-order valence-corrected chi connectivity index (χ2v) is 6.87. The van der Waals surface area contributed by atoms with Gasteiger partial charge in [-0.1, -0.05) is 18.2 Å². The molecule has 20 heavy (non-hydrogen) atoms. The molecule has 1 atom stereocenters. The maximum Gasteiger partial charge on any atom is 0.112 e. The van der Waals surface area contributed by atoms with Gasteiger partial charge < -0.3 is 5.11 Å². The van der Waals surface area contributed by atoms with Crippen molar-refractivity contribution < 1.29 is 5.11 Å². The van der Waals surface area contributed by atoms with Crippen LogP contribution in [0.1, 0.15) is 16.7 Å². The Morgan fingerprint density at radius 1 is 1.20 bits per heavy atom. The quantitative estimate of drug-likeness (QED) is 0.785. The highest BCUT2D eigenvalue weighted by Gasteiger charge is 2.14. The van der Waals surface area contributed by atoms with Crippen LogP contribution in [0.25, 0.3) is 5.69 Å². The Labute approximate surface area is 128 Å². The lowest BCUT2D eigenvalue weighted by atomic mass is 10.2. The molecule has 2 heterocycles. The summed E-state index contributed by atoms with van der Waals surface area (Å²) in [5.74, 6) is 0. The standard InChI is InChI=1S/C14H12BrN3OS/c15-14-7-6-11(20-14)8-13(19)12-9-16-18(17-12)10-4-2-1-3-5-10/h1-7,9,13,19H,8H2. The van der Waals surface area contributed by atoms with Gasteiger partial charge in [0, 0.05) is 11.3 Å². The molecule has 0 aliphatic heterocycles. The minimum atomic E-state index is -0.641. The maximum atomic E-state index is 10.2. The van der Waals surface area contributed by atoms with Crippen molar-refractivity contribution >= 4 is 27.3 Å². The highest BCUT2D eigenvalue weighted by Crippen LogP contribution is 2.26. The lowest BCUT2D eigenvalue weighted by Gasteiger charge is -2.04. The van der Waals surface area contributed by atoms with Crippen LogP contribution in [0.4, 0.5) is 0 Å². The molecule has 2 aromatic heterocycles. The van der Waals surface area contributed by atoms with Gasteiger partial charge in [0.05, 0.1) is 15.7 Å². The van der Waals surface area contributed by atoms with E-state index in [1.807, 2.05) is 42.5 Å². The Bertz CT molecular complexity index is 695. The topological polar surface area (TPSA) is 50.9 Å². The van der Waals surface area contributed by atoms with Crippen LogP contribution < -0.4 is 0 Å². The molecule has 6 heteroatoms. The number of aliphatic hydroxyl groups excluding tert-OH is 1. The average Bonchev–Trinajstić information content (AvgIpc) is 3.09. The van der Waals surface area contributed by atoms with Crippen molar-refractivity contribution in [3.05, 3.63) is 63.0 Å². The van der Waals surface area contributed by atoms with E-state index < -0.39 is 6.10 Å². The second-order valence-electron chi connectivity index (χ2n) is 4.32. The Morgan fingerprint density at radius 2 is 2.00 bits per heavy atom. The molecule has 0 saturated heterocycles. The molecule has 3 aromatic rings. The van der Waals surface area contributed by atoms with Crippen molar-refractivity contribution in [2.45, 2.75) is 12.5 Å². The van der Waals surface area contributed by atoms with Gasteiger partial charge in [0.1, 0.15) is 11.8 Å². The highest BCUT2D eigenvalue weighted by molar-refractivity contribution is 9.11. The molecule has 0 fully saturated rings. The molecule has 0 amide bonds. The van der Waals surface area contributed by atoms with Crippen LogP contribution in [-0.4, -0.2) is 20.1 Å². The van der Waals surface area contributed by atoms with Crippen LogP contribution in [0.3, 0.4) is 0 Å². The smallest absolute Gasteiger partial charge is 0.112 e. The van der Waals surface area contributed by atoms with Gasteiger partial charge in [-0.05, 0) is 40.2 Å². The summed E-state index contributed by atoms with van der Waals surface area (Å²) in [6.07, 6.45) is 1.52. The van der Waals surface area contributed by atoms with E-state index in [0.717, 1.165) is 14.4 Å². The Hall–Kier alpha value is -1.50. The zero-order valence-electron chi connectivity index (χ0n) is 10.5. The van der Waals surface area contributed by atoms with Crippen molar-refractivity contribution in [2.75, 3.05) is 0 Å². The van der Waals surface area contributed by atoms with Gasteiger partial charge in [0.15, 0.2) is 0 Å². The summed E-state index contributed by atoms with van der Waals surface area (Å²) >= 11 is 5.03. The van der Waals surface area contributed by atoms with E-state index in [0.29, 0.717) is 12.1 Å². The first-order chi connectivity index (χ1) is 9.72. The molecule has 1 aromatic carbocycles. The molecule has 0 bridgehead atoms. The Kier molecular flexibility index (Phi) is 3.95. The number of aliphatic hydroxyl groups is 1. The number of aromatic nitrogens is 3. The van der Waals surface area contributed by atoms with Gasteiger partial charge in [0.2, 0.25) is 0 Å². The molecule has 1 unspecified atom stereocenters. The summed E-state index contributed by atoms with van der Waals surface area (Å²) in [5.41, 5.74) is 1.46. The van der Waals surface area contributed by atoms with Crippen LogP contribution in [0.2, 0.25) is 0 Å². The van der Waals surface area contributed by atoms with Gasteiger partial charge in [-0.15, -0.1) is 11.3 Å². The number of hydrogen-bond donors (Lipinski definition) is 1. The average molecular weight is 350 g/mol. The molecule has 0 saturated carbocycles. The molecule has 1 N–H and O–H groups in total. The minimum Gasteiger partial charge on any atom is -0.386 e. The first-order valence-corrected chi connectivity index (χ1v) is 7.73. The summed E-state index contributed by atoms with van der Waals surface area (Å²) in [4.78, 5) is 2.64. The van der Waals surface area contributed by atoms with Gasteiger partial charge in [-0.25, -0.2) is 0 Å². The number of nitrogens with zero attached hydrogens (tertiary/aromatic N) is 3. The SMILES string of the molecule is OC(Cc1ccc(Br)s1)c1cnn(-c2ccccc2)n1. The van der Waals surface area contributed by atoms with Crippen LogP contribution in [0, 0.1) is 0 Å². The Balaban J connectivity index is 1.76. The van der Waals surface area contributed by atoms with Gasteiger partial charge >= 0.3 is 0 Å². The summed E-state index contributed by atoms with van der Waals surface area (Å²) in [5, 5.41) is 18.7. The van der Waals surface area contributed by atoms with E-state index in [1.165, 1.54) is 4.80 Å². The lowest BCUT2D eigenvalue weighted by molar-refractivity contribution is 0.174. The van der Waals surface area contributed by atoms with E-state index in [-0.39, 0.29) is 0 Å². The van der Waals surface area contributed by atoms with E-state index in [2.05, 4.69) is 26.1 Å². The predicted molar refractivity (Wildman–Crippen MR) is 82.0 cm³/mol. The summed E-state index contributed by atoms with van der Waals surface area (Å²) in [6, 6.07) is 13.6.